The van der Waals surface area contributed by atoms with Crippen molar-refractivity contribution >= 4 is 10.8 Å². The highest BCUT2D eigenvalue weighted by atomic mass is 16.3. The maximum atomic E-state index is 12.2. The number of aromatic nitrogens is 1. The van der Waals surface area contributed by atoms with E-state index >= 15 is 0 Å². The van der Waals surface area contributed by atoms with Gasteiger partial charge in [-0.05, 0) is 23.4 Å². The van der Waals surface area contributed by atoms with Gasteiger partial charge in [-0.1, -0.05) is 38.5 Å². The second-order valence-corrected chi connectivity index (χ2v) is 4.81. The van der Waals surface area contributed by atoms with Crippen LogP contribution in [0.1, 0.15) is 20.3 Å². The molecule has 2 atom stereocenters. The lowest BCUT2D eigenvalue weighted by molar-refractivity contribution is 0.0957. The van der Waals surface area contributed by atoms with Gasteiger partial charge in [0.2, 0.25) is 0 Å². The second-order valence-electron chi connectivity index (χ2n) is 4.81. The van der Waals surface area contributed by atoms with E-state index in [1.807, 2.05) is 44.2 Å². The van der Waals surface area contributed by atoms with Crippen molar-refractivity contribution in [3.05, 3.63) is 46.9 Å². The lowest BCUT2D eigenvalue weighted by atomic mass is 10.0. The SMILES string of the molecule is CCC(C)C(O)Cn1ccc2ccccc2c1=O. The van der Waals surface area contributed by atoms with Gasteiger partial charge in [0.05, 0.1) is 12.6 Å². The van der Waals surface area contributed by atoms with Gasteiger partial charge in [-0.2, -0.15) is 0 Å². The summed E-state index contributed by atoms with van der Waals surface area (Å²) >= 11 is 0. The Morgan fingerprint density at radius 2 is 2.00 bits per heavy atom. The number of pyridine rings is 1. The van der Waals surface area contributed by atoms with E-state index in [0.717, 1.165) is 11.8 Å². The van der Waals surface area contributed by atoms with Crippen LogP contribution in [0.25, 0.3) is 10.8 Å². The summed E-state index contributed by atoms with van der Waals surface area (Å²) in [6, 6.07) is 9.44. The van der Waals surface area contributed by atoms with E-state index in [1.165, 1.54) is 0 Å². The van der Waals surface area contributed by atoms with Crippen LogP contribution in [-0.2, 0) is 6.54 Å². The molecule has 1 heterocycles. The first-order valence-corrected chi connectivity index (χ1v) is 6.39. The molecule has 0 aliphatic rings. The first-order chi connectivity index (χ1) is 8.63. The van der Waals surface area contributed by atoms with Crippen LogP contribution in [-0.4, -0.2) is 15.8 Å². The number of fused-ring (bicyclic) bond motifs is 1. The molecule has 2 aromatic rings. The molecule has 1 N–H and O–H groups in total. The van der Waals surface area contributed by atoms with Crippen LogP contribution in [0.15, 0.2) is 41.3 Å². The van der Waals surface area contributed by atoms with E-state index in [0.29, 0.717) is 11.9 Å². The van der Waals surface area contributed by atoms with Crippen LogP contribution in [0.5, 0.6) is 0 Å². The quantitative estimate of drug-likeness (QED) is 0.898. The maximum Gasteiger partial charge on any atom is 0.258 e. The number of nitrogens with zero attached hydrogens (tertiary/aromatic N) is 1. The van der Waals surface area contributed by atoms with Gasteiger partial charge in [-0.25, -0.2) is 0 Å². The standard InChI is InChI=1S/C15H19NO2/c1-3-11(2)14(17)10-16-9-8-12-6-4-5-7-13(12)15(16)18/h4-9,11,14,17H,3,10H2,1-2H3. The zero-order chi connectivity index (χ0) is 13.1. The van der Waals surface area contributed by atoms with Crippen LogP contribution >= 0.6 is 0 Å². The number of hydrogen-bond acceptors (Lipinski definition) is 2. The Morgan fingerprint density at radius 1 is 1.28 bits per heavy atom. The van der Waals surface area contributed by atoms with E-state index in [4.69, 9.17) is 0 Å². The molecular formula is C15H19NO2. The molecule has 0 aliphatic carbocycles. The minimum absolute atomic E-state index is 0.0320. The van der Waals surface area contributed by atoms with Crippen molar-refractivity contribution in [1.29, 1.82) is 0 Å². The molecule has 0 spiro atoms. The summed E-state index contributed by atoms with van der Waals surface area (Å²) < 4.78 is 1.60. The molecule has 18 heavy (non-hydrogen) atoms. The van der Waals surface area contributed by atoms with Gasteiger partial charge in [-0.15, -0.1) is 0 Å². The predicted octanol–water partition coefficient (Wildman–Crippen LogP) is 2.41. The molecule has 0 radical (unpaired) electrons. The first kappa shape index (κ1) is 12.8. The molecule has 2 rings (SSSR count). The molecule has 0 saturated heterocycles. The number of hydrogen-bond donors (Lipinski definition) is 1. The van der Waals surface area contributed by atoms with Gasteiger partial charge in [0.1, 0.15) is 0 Å². The van der Waals surface area contributed by atoms with Crippen molar-refractivity contribution in [1.82, 2.24) is 4.57 Å². The molecule has 0 saturated carbocycles. The van der Waals surface area contributed by atoms with Gasteiger partial charge < -0.3 is 9.67 Å². The van der Waals surface area contributed by atoms with Gasteiger partial charge in [-0.3, -0.25) is 4.79 Å². The molecule has 2 unspecified atom stereocenters. The summed E-state index contributed by atoms with van der Waals surface area (Å²) in [6.07, 6.45) is 2.19. The molecular weight excluding hydrogens is 226 g/mol. The Hall–Kier alpha value is -1.61. The van der Waals surface area contributed by atoms with Gasteiger partial charge in [0.15, 0.2) is 0 Å². The fourth-order valence-electron chi connectivity index (χ4n) is 2.03. The zero-order valence-corrected chi connectivity index (χ0v) is 10.8. The lowest BCUT2D eigenvalue weighted by Gasteiger charge is -2.18. The largest absolute Gasteiger partial charge is 0.391 e. The van der Waals surface area contributed by atoms with Crippen LogP contribution in [0, 0.1) is 5.92 Å². The number of rotatable bonds is 4. The van der Waals surface area contributed by atoms with Gasteiger partial charge >= 0.3 is 0 Å². The minimum Gasteiger partial charge on any atom is -0.391 e. The molecule has 0 amide bonds. The highest BCUT2D eigenvalue weighted by Gasteiger charge is 2.13. The molecule has 0 fully saturated rings. The van der Waals surface area contributed by atoms with Crippen molar-refractivity contribution in [2.75, 3.05) is 0 Å². The normalized spacial score (nSPS) is 14.6. The Balaban J connectivity index is 2.35. The Labute approximate surface area is 107 Å². The first-order valence-electron chi connectivity index (χ1n) is 6.39. The predicted molar refractivity (Wildman–Crippen MR) is 73.7 cm³/mol. The van der Waals surface area contributed by atoms with Gasteiger partial charge in [0, 0.05) is 11.6 Å². The fraction of sp³-hybridized carbons (Fsp3) is 0.400. The maximum absolute atomic E-state index is 12.2. The van der Waals surface area contributed by atoms with Crippen molar-refractivity contribution < 1.29 is 5.11 Å². The summed E-state index contributed by atoms with van der Waals surface area (Å²) in [4.78, 5) is 12.2. The highest BCUT2D eigenvalue weighted by Crippen LogP contribution is 2.11. The minimum atomic E-state index is -0.478. The third-order valence-corrected chi connectivity index (χ3v) is 3.57. The molecule has 96 valence electrons. The summed E-state index contributed by atoms with van der Waals surface area (Å²) in [5, 5.41) is 11.7. The van der Waals surface area contributed by atoms with Crippen LogP contribution in [0.4, 0.5) is 0 Å². The average Bonchev–Trinajstić information content (AvgIpc) is 2.41. The number of benzene rings is 1. The van der Waals surface area contributed by atoms with Crippen molar-refractivity contribution in [3.63, 3.8) is 0 Å². The third kappa shape index (κ3) is 2.46. The van der Waals surface area contributed by atoms with Gasteiger partial charge in [0.25, 0.3) is 5.56 Å². The number of aliphatic hydroxyl groups is 1. The van der Waals surface area contributed by atoms with Crippen molar-refractivity contribution in [2.45, 2.75) is 32.9 Å². The molecule has 0 bridgehead atoms. The molecule has 3 heteroatoms. The Kier molecular flexibility index (Phi) is 3.82. The summed E-state index contributed by atoms with van der Waals surface area (Å²) in [5.41, 5.74) is -0.0320. The van der Waals surface area contributed by atoms with Crippen molar-refractivity contribution in [2.24, 2.45) is 5.92 Å². The summed E-state index contributed by atoms with van der Waals surface area (Å²) in [7, 11) is 0. The monoisotopic (exact) mass is 245 g/mol. The zero-order valence-electron chi connectivity index (χ0n) is 10.8. The smallest absolute Gasteiger partial charge is 0.258 e. The van der Waals surface area contributed by atoms with Crippen LogP contribution in [0.2, 0.25) is 0 Å². The Bertz CT molecular complexity index is 588. The molecule has 0 aliphatic heterocycles. The molecule has 1 aromatic carbocycles. The van der Waals surface area contributed by atoms with Crippen LogP contribution in [0.3, 0.4) is 0 Å². The topological polar surface area (TPSA) is 42.2 Å². The third-order valence-electron chi connectivity index (χ3n) is 3.57. The average molecular weight is 245 g/mol. The fourth-order valence-corrected chi connectivity index (χ4v) is 2.03. The summed E-state index contributed by atoms with van der Waals surface area (Å²) in [6.45, 7) is 4.40. The van der Waals surface area contributed by atoms with E-state index in [1.54, 1.807) is 10.8 Å². The van der Waals surface area contributed by atoms with E-state index in [2.05, 4.69) is 0 Å². The lowest BCUT2D eigenvalue weighted by Crippen LogP contribution is -2.29. The van der Waals surface area contributed by atoms with E-state index < -0.39 is 6.10 Å². The second kappa shape index (κ2) is 5.36. The highest BCUT2D eigenvalue weighted by molar-refractivity contribution is 5.81. The molecule has 1 aromatic heterocycles. The van der Waals surface area contributed by atoms with E-state index in [9.17, 15) is 9.90 Å². The van der Waals surface area contributed by atoms with Crippen LogP contribution < -0.4 is 5.56 Å². The number of aliphatic hydroxyl groups excluding tert-OH is 1. The molecule has 3 nitrogen and oxygen atoms in total. The summed E-state index contributed by atoms with van der Waals surface area (Å²) in [5.74, 6) is 0.198. The van der Waals surface area contributed by atoms with E-state index in [-0.39, 0.29) is 11.5 Å². The van der Waals surface area contributed by atoms with Crippen molar-refractivity contribution in [3.8, 4) is 0 Å². The Morgan fingerprint density at radius 3 is 2.72 bits per heavy atom.